The molecule has 0 radical (unpaired) electrons. The standard InChI is InChI=1S/C17H19N3O/c1-12-8-9-15(19-18)14(11-12)17(21)20-10-4-6-13-5-2-3-7-16(13)20/h2-3,5,7-9,11,19H,4,6,10,18H2,1H3. The van der Waals surface area contributed by atoms with Crippen LogP contribution in [0.25, 0.3) is 0 Å². The third kappa shape index (κ3) is 2.50. The van der Waals surface area contributed by atoms with Crippen molar-refractivity contribution < 1.29 is 4.79 Å². The van der Waals surface area contributed by atoms with Gasteiger partial charge >= 0.3 is 0 Å². The van der Waals surface area contributed by atoms with Crippen LogP contribution in [0.1, 0.15) is 27.9 Å². The predicted molar refractivity (Wildman–Crippen MR) is 85.4 cm³/mol. The Hall–Kier alpha value is -2.33. The third-order valence-corrected chi connectivity index (χ3v) is 3.92. The van der Waals surface area contributed by atoms with Crippen molar-refractivity contribution in [1.29, 1.82) is 0 Å². The summed E-state index contributed by atoms with van der Waals surface area (Å²) in [5, 5.41) is 0. The Labute approximate surface area is 124 Å². The van der Waals surface area contributed by atoms with Crippen LogP contribution in [-0.2, 0) is 6.42 Å². The van der Waals surface area contributed by atoms with E-state index in [1.165, 1.54) is 5.56 Å². The molecular weight excluding hydrogens is 262 g/mol. The second-order valence-electron chi connectivity index (χ2n) is 5.38. The van der Waals surface area contributed by atoms with Crippen LogP contribution in [0.15, 0.2) is 42.5 Å². The Bertz CT molecular complexity index is 681. The maximum absolute atomic E-state index is 12.9. The van der Waals surface area contributed by atoms with Crippen molar-refractivity contribution in [3.63, 3.8) is 0 Å². The maximum Gasteiger partial charge on any atom is 0.260 e. The van der Waals surface area contributed by atoms with Crippen molar-refractivity contribution in [2.75, 3.05) is 16.9 Å². The Kier molecular flexibility index (Phi) is 3.62. The Morgan fingerprint density at radius 2 is 2.05 bits per heavy atom. The summed E-state index contributed by atoms with van der Waals surface area (Å²) in [6.45, 7) is 2.72. The zero-order chi connectivity index (χ0) is 14.8. The molecule has 1 heterocycles. The minimum Gasteiger partial charge on any atom is -0.323 e. The van der Waals surface area contributed by atoms with Crippen LogP contribution >= 0.6 is 0 Å². The van der Waals surface area contributed by atoms with Crippen molar-refractivity contribution >= 4 is 17.3 Å². The maximum atomic E-state index is 12.9. The molecule has 108 valence electrons. The number of aryl methyl sites for hydroxylation is 2. The number of benzene rings is 2. The monoisotopic (exact) mass is 281 g/mol. The van der Waals surface area contributed by atoms with E-state index >= 15 is 0 Å². The van der Waals surface area contributed by atoms with E-state index in [0.29, 0.717) is 11.3 Å². The summed E-state index contributed by atoms with van der Waals surface area (Å²) >= 11 is 0. The van der Waals surface area contributed by atoms with Gasteiger partial charge in [-0.15, -0.1) is 0 Å². The summed E-state index contributed by atoms with van der Waals surface area (Å²) < 4.78 is 0. The smallest absolute Gasteiger partial charge is 0.260 e. The first-order chi connectivity index (χ1) is 10.2. The first kappa shape index (κ1) is 13.6. The number of rotatable bonds is 2. The molecule has 2 aromatic rings. The number of nitrogens with two attached hydrogens (primary N) is 1. The number of hydrazine groups is 1. The van der Waals surface area contributed by atoms with Gasteiger partial charge in [-0.05, 0) is 43.5 Å². The largest absolute Gasteiger partial charge is 0.323 e. The molecule has 0 saturated carbocycles. The zero-order valence-electron chi connectivity index (χ0n) is 12.1. The highest BCUT2D eigenvalue weighted by atomic mass is 16.2. The van der Waals surface area contributed by atoms with Gasteiger partial charge in [-0.3, -0.25) is 10.6 Å². The molecule has 0 aromatic heterocycles. The molecule has 0 aliphatic carbocycles. The zero-order valence-corrected chi connectivity index (χ0v) is 12.1. The number of amides is 1. The number of nitrogens with one attached hydrogen (secondary N) is 1. The van der Waals surface area contributed by atoms with Crippen LogP contribution < -0.4 is 16.2 Å². The lowest BCUT2D eigenvalue weighted by Crippen LogP contribution is -2.36. The lowest BCUT2D eigenvalue weighted by molar-refractivity contribution is 0.0986. The van der Waals surface area contributed by atoms with E-state index < -0.39 is 0 Å². The number of carbonyl (C=O) groups is 1. The number of hydrogen-bond acceptors (Lipinski definition) is 3. The SMILES string of the molecule is Cc1ccc(NN)c(C(=O)N2CCCc3ccccc32)c1. The second-order valence-corrected chi connectivity index (χ2v) is 5.38. The third-order valence-electron chi connectivity index (χ3n) is 3.92. The van der Waals surface area contributed by atoms with Crippen LogP contribution in [0.2, 0.25) is 0 Å². The van der Waals surface area contributed by atoms with E-state index in [1.807, 2.05) is 48.2 Å². The number of nitrogen functional groups attached to an aromatic ring is 1. The van der Waals surface area contributed by atoms with Gasteiger partial charge in [0.1, 0.15) is 0 Å². The molecule has 0 atom stereocenters. The minimum atomic E-state index is -0.00111. The number of anilines is 2. The van der Waals surface area contributed by atoms with Gasteiger partial charge in [0.15, 0.2) is 0 Å². The highest BCUT2D eigenvalue weighted by Gasteiger charge is 2.24. The molecule has 21 heavy (non-hydrogen) atoms. The molecule has 1 aliphatic rings. The number of para-hydroxylation sites is 1. The van der Waals surface area contributed by atoms with E-state index in [1.54, 1.807) is 0 Å². The van der Waals surface area contributed by atoms with Crippen molar-refractivity contribution in [2.45, 2.75) is 19.8 Å². The van der Waals surface area contributed by atoms with Crippen molar-refractivity contribution in [3.05, 3.63) is 59.2 Å². The van der Waals surface area contributed by atoms with Gasteiger partial charge in [0.05, 0.1) is 11.3 Å². The van der Waals surface area contributed by atoms with Gasteiger partial charge in [-0.2, -0.15) is 0 Å². The lowest BCUT2D eigenvalue weighted by Gasteiger charge is -2.30. The molecule has 1 amide bonds. The summed E-state index contributed by atoms with van der Waals surface area (Å²) in [6, 6.07) is 13.8. The van der Waals surface area contributed by atoms with Gasteiger partial charge in [0, 0.05) is 12.2 Å². The molecule has 2 aromatic carbocycles. The average molecular weight is 281 g/mol. The van der Waals surface area contributed by atoms with Crippen LogP contribution in [0.4, 0.5) is 11.4 Å². The van der Waals surface area contributed by atoms with E-state index in [0.717, 1.165) is 30.6 Å². The van der Waals surface area contributed by atoms with E-state index in [9.17, 15) is 4.79 Å². The summed E-state index contributed by atoms with van der Waals surface area (Å²) in [5.41, 5.74) is 7.18. The fraction of sp³-hybridized carbons (Fsp3) is 0.235. The number of hydrogen-bond donors (Lipinski definition) is 2. The van der Waals surface area contributed by atoms with E-state index in [-0.39, 0.29) is 5.91 Å². The predicted octanol–water partition coefficient (Wildman–Crippen LogP) is 2.87. The first-order valence-electron chi connectivity index (χ1n) is 7.18. The van der Waals surface area contributed by atoms with Gasteiger partial charge < -0.3 is 10.3 Å². The van der Waals surface area contributed by atoms with Gasteiger partial charge in [-0.25, -0.2) is 0 Å². The number of nitrogens with zero attached hydrogens (tertiary/aromatic N) is 1. The minimum absolute atomic E-state index is 0.00111. The average Bonchev–Trinajstić information content (AvgIpc) is 2.53. The molecule has 3 rings (SSSR count). The molecule has 0 spiro atoms. The Morgan fingerprint density at radius 1 is 1.24 bits per heavy atom. The van der Waals surface area contributed by atoms with Gasteiger partial charge in [0.2, 0.25) is 0 Å². The molecule has 0 fully saturated rings. The normalized spacial score (nSPS) is 13.7. The quantitative estimate of drug-likeness (QED) is 0.657. The van der Waals surface area contributed by atoms with Crippen molar-refractivity contribution in [3.8, 4) is 0 Å². The molecule has 4 heteroatoms. The lowest BCUT2D eigenvalue weighted by atomic mass is 10.00. The van der Waals surface area contributed by atoms with Crippen LogP contribution in [0.3, 0.4) is 0 Å². The number of carbonyl (C=O) groups excluding carboxylic acids is 1. The van der Waals surface area contributed by atoms with Crippen molar-refractivity contribution in [1.82, 2.24) is 0 Å². The van der Waals surface area contributed by atoms with E-state index in [2.05, 4.69) is 11.5 Å². The highest BCUT2D eigenvalue weighted by molar-refractivity contribution is 6.10. The van der Waals surface area contributed by atoms with Crippen molar-refractivity contribution in [2.24, 2.45) is 5.84 Å². The summed E-state index contributed by atoms with van der Waals surface area (Å²) in [4.78, 5) is 14.8. The van der Waals surface area contributed by atoms with Crippen LogP contribution in [0, 0.1) is 6.92 Å². The topological polar surface area (TPSA) is 58.4 Å². The summed E-state index contributed by atoms with van der Waals surface area (Å²) in [6.07, 6.45) is 2.01. The van der Waals surface area contributed by atoms with Crippen LogP contribution in [0.5, 0.6) is 0 Å². The molecular formula is C17H19N3O. The van der Waals surface area contributed by atoms with Gasteiger partial charge in [-0.1, -0.05) is 29.8 Å². The molecule has 4 nitrogen and oxygen atoms in total. The second kappa shape index (κ2) is 5.58. The molecule has 3 N–H and O–H groups in total. The van der Waals surface area contributed by atoms with E-state index in [4.69, 9.17) is 5.84 Å². The van der Waals surface area contributed by atoms with Gasteiger partial charge in [0.25, 0.3) is 5.91 Å². The summed E-state index contributed by atoms with van der Waals surface area (Å²) in [5.74, 6) is 5.54. The number of fused-ring (bicyclic) bond motifs is 1. The molecule has 0 saturated heterocycles. The fourth-order valence-electron chi connectivity index (χ4n) is 2.85. The Morgan fingerprint density at radius 3 is 2.86 bits per heavy atom. The highest BCUT2D eigenvalue weighted by Crippen LogP contribution is 2.29. The molecule has 1 aliphatic heterocycles. The molecule has 0 bridgehead atoms. The van der Waals surface area contributed by atoms with Crippen LogP contribution in [-0.4, -0.2) is 12.5 Å². The Balaban J connectivity index is 2.02. The fourth-order valence-corrected chi connectivity index (χ4v) is 2.85. The molecule has 0 unspecified atom stereocenters. The summed E-state index contributed by atoms with van der Waals surface area (Å²) in [7, 11) is 0. The first-order valence-corrected chi connectivity index (χ1v) is 7.18.